The first-order valence-corrected chi connectivity index (χ1v) is 10.2. The van der Waals surface area contributed by atoms with Gasteiger partial charge in [0, 0.05) is 17.5 Å². The van der Waals surface area contributed by atoms with Crippen LogP contribution in [0.25, 0.3) is 11.4 Å². The fourth-order valence-electron chi connectivity index (χ4n) is 3.32. The van der Waals surface area contributed by atoms with Crippen LogP contribution in [0.2, 0.25) is 0 Å². The molecule has 0 saturated heterocycles. The lowest BCUT2D eigenvalue weighted by Crippen LogP contribution is -2.30. The zero-order chi connectivity index (χ0) is 23.4. The van der Waals surface area contributed by atoms with Crippen LogP contribution in [0.3, 0.4) is 0 Å². The molecule has 0 unspecified atom stereocenters. The largest absolute Gasteiger partial charge is 0.416 e. The second-order valence-corrected chi connectivity index (χ2v) is 7.62. The summed E-state index contributed by atoms with van der Waals surface area (Å²) in [6, 6.07) is 20.5. The van der Waals surface area contributed by atoms with E-state index in [0.29, 0.717) is 12.0 Å². The number of benzene rings is 3. The van der Waals surface area contributed by atoms with Crippen molar-refractivity contribution in [2.45, 2.75) is 25.6 Å². The zero-order valence-electron chi connectivity index (χ0n) is 17.6. The molecular weight excluding hydrogens is 431 g/mol. The molecule has 1 N–H and O–H groups in total. The summed E-state index contributed by atoms with van der Waals surface area (Å²) in [7, 11) is 0. The molecule has 3 aromatic carbocycles. The lowest BCUT2D eigenvalue weighted by atomic mass is 10.0. The van der Waals surface area contributed by atoms with Crippen molar-refractivity contribution in [2.24, 2.45) is 0 Å². The molecule has 0 spiro atoms. The number of amides is 1. The van der Waals surface area contributed by atoms with Crippen LogP contribution >= 0.6 is 0 Å². The highest BCUT2D eigenvalue weighted by Crippen LogP contribution is 2.32. The topological polar surface area (TPSA) is 68.0 Å². The first-order valence-electron chi connectivity index (χ1n) is 10.2. The molecule has 8 heteroatoms. The molecule has 0 aliphatic carbocycles. The van der Waals surface area contributed by atoms with E-state index in [1.54, 1.807) is 12.1 Å². The molecule has 0 aliphatic rings. The predicted molar refractivity (Wildman–Crippen MR) is 116 cm³/mol. The highest BCUT2D eigenvalue weighted by Gasteiger charge is 2.31. The van der Waals surface area contributed by atoms with Gasteiger partial charge in [-0.05, 0) is 36.8 Å². The quantitative estimate of drug-likeness (QED) is 0.404. The summed E-state index contributed by atoms with van der Waals surface area (Å²) in [6.07, 6.45) is -4.12. The summed E-state index contributed by atoms with van der Waals surface area (Å²) < 4.78 is 44.6. The maximum Gasteiger partial charge on any atom is 0.416 e. The Balaban J connectivity index is 1.63. The lowest BCUT2D eigenvalue weighted by Gasteiger charge is -2.15. The maximum absolute atomic E-state index is 13.1. The molecule has 0 saturated carbocycles. The van der Waals surface area contributed by atoms with Crippen molar-refractivity contribution in [3.63, 3.8) is 0 Å². The minimum Gasteiger partial charge on any atom is -0.340 e. The maximum atomic E-state index is 13.1. The van der Waals surface area contributed by atoms with Crippen LogP contribution in [-0.2, 0) is 12.6 Å². The van der Waals surface area contributed by atoms with Crippen LogP contribution in [0.15, 0.2) is 83.4 Å². The van der Waals surface area contributed by atoms with E-state index in [2.05, 4.69) is 15.5 Å². The van der Waals surface area contributed by atoms with E-state index >= 15 is 0 Å². The molecular formula is C25H20F3N3O2. The van der Waals surface area contributed by atoms with E-state index in [9.17, 15) is 18.0 Å². The van der Waals surface area contributed by atoms with E-state index in [1.807, 2.05) is 49.4 Å². The van der Waals surface area contributed by atoms with Crippen molar-refractivity contribution in [3.05, 3.63) is 107 Å². The van der Waals surface area contributed by atoms with Crippen molar-refractivity contribution < 1.29 is 22.5 Å². The number of nitrogens with one attached hydrogen (secondary N) is 1. The standard InChI is InChI=1S/C25H20F3N3O2/c1-16-10-12-18(13-11-16)23(32)29-21(14-17-6-3-2-4-7-17)24-30-22(31-33-24)19-8-5-9-20(15-19)25(26,27)28/h2-13,15,21H,14H2,1H3,(H,29,32)/t21-/m0/s1. The minimum atomic E-state index is -4.49. The Labute approximate surface area is 188 Å². The fourth-order valence-corrected chi connectivity index (χ4v) is 3.32. The van der Waals surface area contributed by atoms with Crippen LogP contribution in [0.5, 0.6) is 0 Å². The van der Waals surface area contributed by atoms with Gasteiger partial charge in [0.1, 0.15) is 6.04 Å². The Bertz CT molecular complexity index is 1240. The summed E-state index contributed by atoms with van der Waals surface area (Å²) in [5, 5.41) is 6.76. The molecule has 1 atom stereocenters. The molecule has 0 aliphatic heterocycles. The normalized spacial score (nSPS) is 12.4. The zero-order valence-corrected chi connectivity index (χ0v) is 17.6. The summed E-state index contributed by atoms with van der Waals surface area (Å²) >= 11 is 0. The molecule has 1 heterocycles. The van der Waals surface area contributed by atoms with Gasteiger partial charge in [0.25, 0.3) is 5.91 Å². The molecule has 0 radical (unpaired) electrons. The van der Waals surface area contributed by atoms with Gasteiger partial charge >= 0.3 is 6.18 Å². The smallest absolute Gasteiger partial charge is 0.340 e. The van der Waals surface area contributed by atoms with Gasteiger partial charge in [0.15, 0.2) is 0 Å². The molecule has 4 rings (SSSR count). The fraction of sp³-hybridized carbons (Fsp3) is 0.160. The number of aromatic nitrogens is 2. The number of aryl methyl sites for hydroxylation is 1. The Kier molecular flexibility index (Phi) is 6.26. The van der Waals surface area contributed by atoms with Crippen LogP contribution in [-0.4, -0.2) is 16.0 Å². The number of hydrogen-bond donors (Lipinski definition) is 1. The Morgan fingerprint density at radius 3 is 2.42 bits per heavy atom. The minimum absolute atomic E-state index is 0.0127. The third kappa shape index (κ3) is 5.46. The highest BCUT2D eigenvalue weighted by atomic mass is 19.4. The van der Waals surface area contributed by atoms with Gasteiger partial charge in [-0.15, -0.1) is 0 Å². The average molecular weight is 451 g/mol. The number of alkyl halides is 3. The van der Waals surface area contributed by atoms with Gasteiger partial charge in [-0.3, -0.25) is 4.79 Å². The summed E-state index contributed by atoms with van der Waals surface area (Å²) in [4.78, 5) is 17.1. The Hall–Kier alpha value is -3.94. The van der Waals surface area contributed by atoms with E-state index in [1.165, 1.54) is 12.1 Å². The number of rotatable bonds is 6. The first-order chi connectivity index (χ1) is 15.8. The number of carbonyl (C=O) groups excluding carboxylic acids is 1. The van der Waals surface area contributed by atoms with Gasteiger partial charge in [-0.2, -0.15) is 18.2 Å². The van der Waals surface area contributed by atoms with E-state index in [0.717, 1.165) is 23.3 Å². The molecule has 0 fully saturated rings. The van der Waals surface area contributed by atoms with Gasteiger partial charge < -0.3 is 9.84 Å². The molecule has 4 aromatic rings. The summed E-state index contributed by atoms with van der Waals surface area (Å²) in [5.41, 5.74) is 1.78. The average Bonchev–Trinajstić information content (AvgIpc) is 3.30. The SMILES string of the molecule is Cc1ccc(C(=O)N[C@@H](Cc2ccccc2)c2nc(-c3cccc(C(F)(F)F)c3)no2)cc1. The van der Waals surface area contributed by atoms with Crippen molar-refractivity contribution >= 4 is 5.91 Å². The van der Waals surface area contributed by atoms with Crippen molar-refractivity contribution in [2.75, 3.05) is 0 Å². The Morgan fingerprint density at radius 1 is 1.00 bits per heavy atom. The van der Waals surface area contributed by atoms with Gasteiger partial charge in [-0.25, -0.2) is 0 Å². The highest BCUT2D eigenvalue weighted by molar-refractivity contribution is 5.94. The second kappa shape index (κ2) is 9.28. The number of halogens is 3. The predicted octanol–water partition coefficient (Wildman–Crippen LogP) is 5.78. The van der Waals surface area contributed by atoms with Crippen molar-refractivity contribution in [3.8, 4) is 11.4 Å². The van der Waals surface area contributed by atoms with Crippen LogP contribution in [0, 0.1) is 6.92 Å². The molecule has 0 bridgehead atoms. The molecule has 33 heavy (non-hydrogen) atoms. The van der Waals surface area contributed by atoms with Gasteiger partial charge in [-0.1, -0.05) is 65.3 Å². The van der Waals surface area contributed by atoms with Gasteiger partial charge in [0.05, 0.1) is 5.56 Å². The Morgan fingerprint density at radius 2 is 1.73 bits per heavy atom. The first kappa shape index (κ1) is 22.3. The van der Waals surface area contributed by atoms with Crippen LogP contribution < -0.4 is 5.32 Å². The van der Waals surface area contributed by atoms with Crippen LogP contribution in [0.1, 0.15) is 39.0 Å². The van der Waals surface area contributed by atoms with E-state index in [4.69, 9.17) is 4.52 Å². The molecule has 168 valence electrons. The van der Waals surface area contributed by atoms with E-state index in [-0.39, 0.29) is 23.2 Å². The van der Waals surface area contributed by atoms with Crippen molar-refractivity contribution in [1.82, 2.24) is 15.5 Å². The van der Waals surface area contributed by atoms with E-state index < -0.39 is 17.8 Å². The van der Waals surface area contributed by atoms with Crippen molar-refractivity contribution in [1.29, 1.82) is 0 Å². The third-order valence-corrected chi connectivity index (χ3v) is 5.09. The second-order valence-electron chi connectivity index (χ2n) is 7.62. The lowest BCUT2D eigenvalue weighted by molar-refractivity contribution is -0.137. The number of hydrogen-bond acceptors (Lipinski definition) is 4. The van der Waals surface area contributed by atoms with Crippen LogP contribution in [0.4, 0.5) is 13.2 Å². The molecule has 1 amide bonds. The number of carbonyl (C=O) groups is 1. The number of nitrogens with zero attached hydrogens (tertiary/aromatic N) is 2. The summed E-state index contributed by atoms with van der Waals surface area (Å²) in [6.45, 7) is 1.92. The molecule has 5 nitrogen and oxygen atoms in total. The molecule has 1 aromatic heterocycles. The monoisotopic (exact) mass is 451 g/mol. The summed E-state index contributed by atoms with van der Waals surface area (Å²) in [5.74, 6) is -0.208. The third-order valence-electron chi connectivity index (χ3n) is 5.09. The van der Waals surface area contributed by atoms with Gasteiger partial charge in [0.2, 0.25) is 11.7 Å².